The Morgan fingerprint density at radius 2 is 1.41 bits per heavy atom. The lowest BCUT2D eigenvalue weighted by Gasteiger charge is -2.45. The van der Waals surface area contributed by atoms with Gasteiger partial charge in [0.1, 0.15) is 5.60 Å². The first kappa shape index (κ1) is 14.8. The van der Waals surface area contributed by atoms with Crippen molar-refractivity contribution in [2.75, 3.05) is 13.1 Å². The van der Waals surface area contributed by atoms with Crippen molar-refractivity contribution in [1.29, 1.82) is 0 Å². The van der Waals surface area contributed by atoms with E-state index in [2.05, 4.69) is 25.7 Å². The quantitative estimate of drug-likeness (QED) is 0.813. The first-order chi connectivity index (χ1) is 7.46. The molecular formula is C13H25F2NO. The van der Waals surface area contributed by atoms with Crippen LogP contribution in [0.5, 0.6) is 0 Å². The number of alkyl halides is 2. The van der Waals surface area contributed by atoms with Crippen LogP contribution in [0.4, 0.5) is 8.78 Å². The molecule has 1 atom stereocenters. The van der Waals surface area contributed by atoms with Crippen molar-refractivity contribution in [2.24, 2.45) is 5.92 Å². The fourth-order valence-electron chi connectivity index (χ4n) is 2.47. The maximum Gasteiger partial charge on any atom is 0.273 e. The predicted molar refractivity (Wildman–Crippen MR) is 65.3 cm³/mol. The summed E-state index contributed by atoms with van der Waals surface area (Å²) in [7, 11) is 0. The van der Waals surface area contributed by atoms with Gasteiger partial charge >= 0.3 is 0 Å². The number of rotatable bonds is 2. The summed E-state index contributed by atoms with van der Waals surface area (Å²) in [6.45, 7) is 10.0. The molecule has 4 heteroatoms. The first-order valence-electron chi connectivity index (χ1n) is 6.31. The maximum atomic E-state index is 13.4. The third kappa shape index (κ3) is 3.16. The summed E-state index contributed by atoms with van der Waals surface area (Å²) in [5.41, 5.74) is -1.82. The van der Waals surface area contributed by atoms with Crippen molar-refractivity contribution in [1.82, 2.24) is 4.90 Å². The summed E-state index contributed by atoms with van der Waals surface area (Å²) in [5.74, 6) is -3.36. The number of nitrogens with zero attached hydrogens (tertiary/aromatic N) is 1. The molecule has 0 spiro atoms. The Morgan fingerprint density at radius 1 is 1.00 bits per heavy atom. The third-order valence-electron chi connectivity index (χ3n) is 4.13. The molecule has 17 heavy (non-hydrogen) atoms. The van der Waals surface area contributed by atoms with Crippen LogP contribution in [0.3, 0.4) is 0 Å². The van der Waals surface area contributed by atoms with Crippen LogP contribution in [-0.2, 0) is 0 Å². The Balaban J connectivity index is 2.64. The van der Waals surface area contributed by atoms with Crippen LogP contribution in [0.15, 0.2) is 0 Å². The minimum absolute atomic E-state index is 0.0750. The molecule has 102 valence electrons. The Bertz CT molecular complexity index is 258. The van der Waals surface area contributed by atoms with Crippen LogP contribution >= 0.6 is 0 Å². The molecule has 1 fully saturated rings. The highest BCUT2D eigenvalue weighted by molar-refractivity contribution is 4.95. The van der Waals surface area contributed by atoms with Crippen LogP contribution in [0.1, 0.15) is 47.5 Å². The summed E-state index contributed by atoms with van der Waals surface area (Å²) in [6, 6.07) is 0. The molecule has 1 N–H and O–H groups in total. The first-order valence-corrected chi connectivity index (χ1v) is 6.31. The van der Waals surface area contributed by atoms with E-state index in [0.29, 0.717) is 12.8 Å². The van der Waals surface area contributed by atoms with Gasteiger partial charge in [-0.05, 0) is 59.5 Å². The van der Waals surface area contributed by atoms with E-state index < -0.39 is 11.5 Å². The van der Waals surface area contributed by atoms with Gasteiger partial charge in [0.25, 0.3) is 5.92 Å². The molecule has 0 aromatic heterocycles. The number of hydrogen-bond donors (Lipinski definition) is 1. The normalized spacial score (nSPS) is 24.7. The van der Waals surface area contributed by atoms with E-state index in [9.17, 15) is 13.9 Å². The molecular weight excluding hydrogens is 224 g/mol. The van der Waals surface area contributed by atoms with Gasteiger partial charge in [0.05, 0.1) is 0 Å². The van der Waals surface area contributed by atoms with Gasteiger partial charge in [-0.1, -0.05) is 0 Å². The topological polar surface area (TPSA) is 23.5 Å². The van der Waals surface area contributed by atoms with Gasteiger partial charge in [0.15, 0.2) is 0 Å². The van der Waals surface area contributed by atoms with Crippen LogP contribution in [0.25, 0.3) is 0 Å². The van der Waals surface area contributed by atoms with Gasteiger partial charge in [0, 0.05) is 12.5 Å². The molecule has 0 aliphatic carbocycles. The smallest absolute Gasteiger partial charge is 0.273 e. The van der Waals surface area contributed by atoms with Crippen molar-refractivity contribution >= 4 is 0 Å². The molecule has 1 saturated heterocycles. The van der Waals surface area contributed by atoms with E-state index in [1.54, 1.807) is 0 Å². The lowest BCUT2D eigenvalue weighted by atomic mass is 9.77. The van der Waals surface area contributed by atoms with Gasteiger partial charge in [-0.3, -0.25) is 4.90 Å². The summed E-state index contributed by atoms with van der Waals surface area (Å²) in [6.07, 6.45) is 1.27. The SMILES string of the molecule is CC(C)(C)N1CCC([C@@](C)(O)C(C)(F)F)CC1. The molecule has 1 heterocycles. The van der Waals surface area contributed by atoms with Crippen LogP contribution in [0, 0.1) is 5.92 Å². The van der Waals surface area contributed by atoms with Crippen molar-refractivity contribution in [2.45, 2.75) is 64.5 Å². The monoisotopic (exact) mass is 249 g/mol. The Hall–Kier alpha value is -0.220. The molecule has 1 aliphatic heterocycles. The fraction of sp³-hybridized carbons (Fsp3) is 1.00. The van der Waals surface area contributed by atoms with Crippen LogP contribution in [0.2, 0.25) is 0 Å². The molecule has 1 aliphatic rings. The minimum Gasteiger partial charge on any atom is -0.384 e. The average molecular weight is 249 g/mol. The Labute approximate surface area is 103 Å². The third-order valence-corrected chi connectivity index (χ3v) is 4.13. The second-order valence-electron chi connectivity index (χ2n) is 6.47. The molecule has 0 amide bonds. The number of halogens is 2. The van der Waals surface area contributed by atoms with Crippen LogP contribution < -0.4 is 0 Å². The van der Waals surface area contributed by atoms with Gasteiger partial charge in [-0.2, -0.15) is 0 Å². The highest BCUT2D eigenvalue weighted by Crippen LogP contribution is 2.40. The molecule has 0 bridgehead atoms. The van der Waals surface area contributed by atoms with Gasteiger partial charge in [-0.25, -0.2) is 8.78 Å². The number of aliphatic hydroxyl groups is 1. The average Bonchev–Trinajstić information content (AvgIpc) is 2.15. The Kier molecular flexibility index (Phi) is 3.90. The van der Waals surface area contributed by atoms with Crippen molar-refractivity contribution in [3.63, 3.8) is 0 Å². The van der Waals surface area contributed by atoms with Gasteiger partial charge in [-0.15, -0.1) is 0 Å². The zero-order valence-corrected chi connectivity index (χ0v) is 11.6. The number of likely N-dealkylation sites (tertiary alicyclic amines) is 1. The van der Waals surface area contributed by atoms with Gasteiger partial charge in [0.2, 0.25) is 0 Å². The molecule has 0 radical (unpaired) electrons. The van der Waals surface area contributed by atoms with E-state index in [-0.39, 0.29) is 11.5 Å². The van der Waals surface area contributed by atoms with Crippen LogP contribution in [-0.4, -0.2) is 40.2 Å². The summed E-state index contributed by atoms with van der Waals surface area (Å²) < 4.78 is 26.7. The highest BCUT2D eigenvalue weighted by atomic mass is 19.3. The van der Waals surface area contributed by atoms with Gasteiger partial charge < -0.3 is 5.11 Å². The van der Waals surface area contributed by atoms with E-state index >= 15 is 0 Å². The molecule has 0 unspecified atom stereocenters. The highest BCUT2D eigenvalue weighted by Gasteiger charge is 2.50. The van der Waals surface area contributed by atoms with E-state index in [0.717, 1.165) is 20.0 Å². The summed E-state index contributed by atoms with van der Waals surface area (Å²) in [5, 5.41) is 10.00. The Morgan fingerprint density at radius 3 is 1.71 bits per heavy atom. The standard InChI is InChI=1S/C13H25F2NO/c1-11(2,3)16-8-6-10(7-9-16)12(4,17)13(5,14)15/h10,17H,6-9H2,1-5H3/t12-/m1/s1. The van der Waals surface area contributed by atoms with E-state index in [1.807, 2.05) is 0 Å². The molecule has 1 rings (SSSR count). The van der Waals surface area contributed by atoms with Crippen molar-refractivity contribution in [3.05, 3.63) is 0 Å². The van der Waals surface area contributed by atoms with E-state index in [1.165, 1.54) is 6.92 Å². The lowest BCUT2D eigenvalue weighted by Crippen LogP contribution is -2.55. The number of piperidine rings is 1. The predicted octanol–water partition coefficient (Wildman–Crippen LogP) is 2.90. The lowest BCUT2D eigenvalue weighted by molar-refractivity contribution is -0.195. The van der Waals surface area contributed by atoms with Crippen molar-refractivity contribution in [3.8, 4) is 0 Å². The molecule has 2 nitrogen and oxygen atoms in total. The second kappa shape index (κ2) is 4.47. The molecule has 0 saturated carbocycles. The largest absolute Gasteiger partial charge is 0.384 e. The maximum absolute atomic E-state index is 13.4. The number of hydrogen-bond acceptors (Lipinski definition) is 2. The van der Waals surface area contributed by atoms with Crippen molar-refractivity contribution < 1.29 is 13.9 Å². The molecule has 0 aromatic carbocycles. The molecule has 0 aromatic rings. The zero-order valence-electron chi connectivity index (χ0n) is 11.6. The second-order valence-corrected chi connectivity index (χ2v) is 6.47. The summed E-state index contributed by atoms with van der Waals surface area (Å²) >= 11 is 0. The zero-order chi connectivity index (χ0) is 13.5. The minimum atomic E-state index is -3.04. The fourth-order valence-corrected chi connectivity index (χ4v) is 2.47. The van der Waals surface area contributed by atoms with E-state index in [4.69, 9.17) is 0 Å². The summed E-state index contributed by atoms with van der Waals surface area (Å²) in [4.78, 5) is 2.29.